The first-order valence-electron chi connectivity index (χ1n) is 6.35. The van der Waals surface area contributed by atoms with Crippen molar-refractivity contribution in [1.82, 2.24) is 10.2 Å². The van der Waals surface area contributed by atoms with Crippen LogP contribution < -0.4 is 0 Å². The van der Waals surface area contributed by atoms with Crippen LogP contribution in [0.5, 0.6) is 0 Å². The van der Waals surface area contributed by atoms with E-state index in [2.05, 4.69) is 26.1 Å². The van der Waals surface area contributed by atoms with Crippen molar-refractivity contribution in [3.8, 4) is 0 Å². The number of ether oxygens (including phenoxy) is 3. The van der Waals surface area contributed by atoms with E-state index in [4.69, 9.17) is 14.2 Å². The molecule has 0 spiro atoms. The average molecular weight is 333 g/mol. The van der Waals surface area contributed by atoms with E-state index in [0.717, 1.165) is 25.9 Å². The summed E-state index contributed by atoms with van der Waals surface area (Å²) in [4.78, 5) is 11.6. The number of esters is 1. The van der Waals surface area contributed by atoms with Gasteiger partial charge in [0.2, 0.25) is 0 Å². The van der Waals surface area contributed by atoms with Gasteiger partial charge in [-0.05, 0) is 42.1 Å². The van der Waals surface area contributed by atoms with E-state index in [-0.39, 0.29) is 6.29 Å². The topological polar surface area (TPSA) is 73.4 Å². The van der Waals surface area contributed by atoms with Gasteiger partial charge in [0.15, 0.2) is 12.0 Å². The Labute approximate surface area is 119 Å². The summed E-state index contributed by atoms with van der Waals surface area (Å²) in [5.74, 6) is -0.429. The van der Waals surface area contributed by atoms with Gasteiger partial charge in [-0.15, -0.1) is 0 Å². The molecule has 1 saturated heterocycles. The fraction of sp³-hybridized carbons (Fsp3) is 0.667. The molecule has 0 aliphatic carbocycles. The number of halogens is 1. The molecule has 2 heterocycles. The zero-order chi connectivity index (χ0) is 13.7. The smallest absolute Gasteiger partial charge is 0.357 e. The van der Waals surface area contributed by atoms with Crippen LogP contribution in [0, 0.1) is 0 Å². The van der Waals surface area contributed by atoms with Gasteiger partial charge in [-0.25, -0.2) is 4.79 Å². The van der Waals surface area contributed by atoms with Gasteiger partial charge in [-0.1, -0.05) is 0 Å². The van der Waals surface area contributed by atoms with Gasteiger partial charge in [0.1, 0.15) is 5.69 Å². The first kappa shape index (κ1) is 14.5. The molecule has 0 aromatic carbocycles. The number of H-pyrrole nitrogens is 1. The maximum Gasteiger partial charge on any atom is 0.357 e. The van der Waals surface area contributed by atoms with Crippen molar-refractivity contribution in [2.45, 2.75) is 39.1 Å². The van der Waals surface area contributed by atoms with E-state index in [9.17, 15) is 4.79 Å². The van der Waals surface area contributed by atoms with Crippen molar-refractivity contribution >= 4 is 21.9 Å². The number of rotatable bonds is 5. The first-order chi connectivity index (χ1) is 9.22. The highest BCUT2D eigenvalue weighted by atomic mass is 79.9. The SMILES string of the molecule is CCOC(=O)c1[nH]nc(COC2CCCCO2)c1Br. The number of nitrogens with zero attached hydrogens (tertiary/aromatic N) is 1. The molecule has 1 aliphatic heterocycles. The number of carbonyl (C=O) groups excluding carboxylic acids is 1. The van der Waals surface area contributed by atoms with Gasteiger partial charge >= 0.3 is 5.97 Å². The van der Waals surface area contributed by atoms with Gasteiger partial charge in [-0.2, -0.15) is 5.10 Å². The number of aromatic amines is 1. The molecule has 0 radical (unpaired) electrons. The number of aromatic nitrogens is 2. The van der Waals surface area contributed by atoms with Crippen LogP contribution in [0.1, 0.15) is 42.4 Å². The van der Waals surface area contributed by atoms with E-state index >= 15 is 0 Å². The summed E-state index contributed by atoms with van der Waals surface area (Å²) in [6, 6.07) is 0. The van der Waals surface area contributed by atoms with Crippen LogP contribution in [0.4, 0.5) is 0 Å². The van der Waals surface area contributed by atoms with Crippen LogP contribution in [-0.2, 0) is 20.8 Å². The molecule has 6 nitrogen and oxygen atoms in total. The zero-order valence-electron chi connectivity index (χ0n) is 10.8. The second kappa shape index (κ2) is 7.02. The molecule has 1 N–H and O–H groups in total. The van der Waals surface area contributed by atoms with Gasteiger partial charge in [-0.3, -0.25) is 5.10 Å². The van der Waals surface area contributed by atoms with E-state index in [0.29, 0.717) is 29.1 Å². The summed E-state index contributed by atoms with van der Waals surface area (Å²) < 4.78 is 16.6. The van der Waals surface area contributed by atoms with E-state index in [1.807, 2.05) is 0 Å². The summed E-state index contributed by atoms with van der Waals surface area (Å²) in [6.45, 7) is 3.11. The summed E-state index contributed by atoms with van der Waals surface area (Å²) in [6.07, 6.45) is 2.91. The predicted molar refractivity (Wildman–Crippen MR) is 70.6 cm³/mol. The molecule has 19 heavy (non-hydrogen) atoms. The molecule has 1 aromatic rings. The largest absolute Gasteiger partial charge is 0.461 e. The monoisotopic (exact) mass is 332 g/mol. The van der Waals surface area contributed by atoms with Crippen molar-refractivity contribution in [2.75, 3.05) is 13.2 Å². The summed E-state index contributed by atoms with van der Waals surface area (Å²) >= 11 is 3.33. The molecule has 1 aromatic heterocycles. The third-order valence-electron chi connectivity index (χ3n) is 2.80. The van der Waals surface area contributed by atoms with E-state index in [1.165, 1.54) is 0 Å². The molecule has 0 amide bonds. The molecular weight excluding hydrogens is 316 g/mol. The second-order valence-corrected chi connectivity index (χ2v) is 4.98. The maximum absolute atomic E-state index is 11.6. The van der Waals surface area contributed by atoms with Gasteiger partial charge in [0.25, 0.3) is 0 Å². The lowest BCUT2D eigenvalue weighted by Crippen LogP contribution is -2.22. The Balaban J connectivity index is 1.91. The van der Waals surface area contributed by atoms with Crippen LogP contribution >= 0.6 is 15.9 Å². The summed E-state index contributed by atoms with van der Waals surface area (Å²) in [5, 5.41) is 6.70. The molecule has 7 heteroatoms. The molecule has 106 valence electrons. The molecule has 0 bridgehead atoms. The highest BCUT2D eigenvalue weighted by molar-refractivity contribution is 9.10. The van der Waals surface area contributed by atoms with Gasteiger partial charge in [0, 0.05) is 6.61 Å². The highest BCUT2D eigenvalue weighted by Crippen LogP contribution is 2.22. The number of carbonyl (C=O) groups is 1. The standard InChI is InChI=1S/C12H17BrN2O4/c1-2-17-12(16)11-10(13)8(14-15-11)7-19-9-5-3-4-6-18-9/h9H,2-7H2,1H3,(H,14,15). The van der Waals surface area contributed by atoms with Crippen LogP contribution in [0.15, 0.2) is 4.47 Å². The van der Waals surface area contributed by atoms with Crippen LogP contribution in [0.2, 0.25) is 0 Å². The van der Waals surface area contributed by atoms with Crippen molar-refractivity contribution in [3.05, 3.63) is 15.9 Å². The first-order valence-corrected chi connectivity index (χ1v) is 7.14. The maximum atomic E-state index is 11.6. The Bertz CT molecular complexity index is 429. The minimum absolute atomic E-state index is 0.177. The highest BCUT2D eigenvalue weighted by Gasteiger charge is 2.20. The molecule has 2 rings (SSSR count). The minimum atomic E-state index is -0.429. The molecule has 1 unspecified atom stereocenters. The van der Waals surface area contributed by atoms with Crippen molar-refractivity contribution in [2.24, 2.45) is 0 Å². The second-order valence-electron chi connectivity index (χ2n) is 4.19. The van der Waals surface area contributed by atoms with Crippen LogP contribution in [-0.4, -0.2) is 35.7 Å². The Kier molecular flexibility index (Phi) is 5.35. The molecule has 1 fully saturated rings. The van der Waals surface area contributed by atoms with Crippen molar-refractivity contribution in [3.63, 3.8) is 0 Å². The quantitative estimate of drug-likeness (QED) is 0.838. The number of hydrogen-bond acceptors (Lipinski definition) is 5. The Hall–Kier alpha value is -0.920. The molecule has 1 atom stereocenters. The normalized spacial score (nSPS) is 19.4. The Morgan fingerprint density at radius 3 is 3.11 bits per heavy atom. The molecular formula is C12H17BrN2O4. The summed E-state index contributed by atoms with van der Waals surface area (Å²) in [5.41, 5.74) is 0.947. The van der Waals surface area contributed by atoms with Crippen molar-refractivity contribution in [1.29, 1.82) is 0 Å². The van der Waals surface area contributed by atoms with Gasteiger partial charge < -0.3 is 14.2 Å². The Morgan fingerprint density at radius 2 is 2.42 bits per heavy atom. The zero-order valence-corrected chi connectivity index (χ0v) is 12.4. The van der Waals surface area contributed by atoms with E-state index < -0.39 is 5.97 Å². The third-order valence-corrected chi connectivity index (χ3v) is 3.65. The average Bonchev–Trinajstić information content (AvgIpc) is 2.79. The fourth-order valence-electron chi connectivity index (χ4n) is 1.81. The lowest BCUT2D eigenvalue weighted by Gasteiger charge is -2.22. The van der Waals surface area contributed by atoms with Crippen LogP contribution in [0.3, 0.4) is 0 Å². The lowest BCUT2D eigenvalue weighted by atomic mass is 10.2. The van der Waals surface area contributed by atoms with E-state index in [1.54, 1.807) is 6.92 Å². The fourth-order valence-corrected chi connectivity index (χ4v) is 2.27. The van der Waals surface area contributed by atoms with Gasteiger partial charge in [0.05, 0.1) is 17.7 Å². The lowest BCUT2D eigenvalue weighted by molar-refractivity contribution is -0.169. The number of hydrogen-bond donors (Lipinski definition) is 1. The molecule has 1 aliphatic rings. The Morgan fingerprint density at radius 1 is 1.58 bits per heavy atom. The molecule has 0 saturated carbocycles. The number of nitrogens with one attached hydrogen (secondary N) is 1. The van der Waals surface area contributed by atoms with Crippen molar-refractivity contribution < 1.29 is 19.0 Å². The summed E-state index contributed by atoms with van der Waals surface area (Å²) in [7, 11) is 0. The van der Waals surface area contributed by atoms with Crippen LogP contribution in [0.25, 0.3) is 0 Å². The third kappa shape index (κ3) is 3.77. The predicted octanol–water partition coefficient (Wildman–Crippen LogP) is 2.39. The minimum Gasteiger partial charge on any atom is -0.461 e.